The van der Waals surface area contributed by atoms with Crippen molar-refractivity contribution in [2.75, 3.05) is 0 Å². The zero-order valence-corrected chi connectivity index (χ0v) is 25.5. The van der Waals surface area contributed by atoms with E-state index in [0.717, 1.165) is 60.2 Å². The molecule has 2 heteroatoms. The van der Waals surface area contributed by atoms with Gasteiger partial charge in [0.2, 0.25) is 0 Å². The van der Waals surface area contributed by atoms with Crippen molar-refractivity contribution in [3.05, 3.63) is 182 Å². The van der Waals surface area contributed by atoms with Crippen LogP contribution in [0.5, 0.6) is 0 Å². The Kier molecular flexibility index (Phi) is 4.26. The largest absolute Gasteiger partial charge is 0.309 e. The fraction of sp³-hybridized carbons (Fsp3) is 0. The highest BCUT2D eigenvalue weighted by atomic mass is 15.0. The van der Waals surface area contributed by atoms with Crippen molar-refractivity contribution < 1.29 is 12.3 Å². The molecule has 224 valence electrons. The van der Waals surface area contributed by atoms with E-state index < -0.39 is 54.4 Å². The zero-order chi connectivity index (χ0) is 39.4. The van der Waals surface area contributed by atoms with Crippen molar-refractivity contribution in [1.82, 2.24) is 9.13 Å². The van der Waals surface area contributed by atoms with E-state index in [-0.39, 0.29) is 16.8 Å². The average Bonchev–Trinajstić information content (AvgIpc) is 3.74. The minimum Gasteiger partial charge on any atom is -0.309 e. The molecule has 8 aromatic carbocycles. The number of benzene rings is 8. The molecule has 0 bridgehead atoms. The molecule has 0 aliphatic carbocycles. The number of aromatic nitrogens is 2. The molecule has 0 radical (unpaired) electrons. The third kappa shape index (κ3) is 4.06. The number of nitrogens with zero attached hydrogens (tertiary/aromatic N) is 2. The van der Waals surface area contributed by atoms with Gasteiger partial charge in [0.05, 0.1) is 34.4 Å². The van der Waals surface area contributed by atoms with E-state index >= 15 is 0 Å². The number of rotatable bonds is 4. The summed E-state index contributed by atoms with van der Waals surface area (Å²) < 4.78 is 82.7. The highest BCUT2D eigenvalue weighted by Gasteiger charge is 2.20. The molecule has 0 atom stereocenters. The molecule has 0 aliphatic heterocycles. The lowest BCUT2D eigenvalue weighted by atomic mass is 10.0. The summed E-state index contributed by atoms with van der Waals surface area (Å²) in [4.78, 5) is 0. The van der Waals surface area contributed by atoms with Crippen LogP contribution in [0.3, 0.4) is 0 Å². The molecule has 48 heavy (non-hydrogen) atoms. The Morgan fingerprint density at radius 1 is 0.354 bits per heavy atom. The first kappa shape index (κ1) is 19.3. The SMILES string of the molecule is [2H]c1c([2H])c([2H])c(-c2c([2H])c([2H])c(-n3c4ccccc4c4cc5c6c7ccccc7ccc6n(-c6ccc(-c7ccccc7)cc6)c5cc43)c([2H])c2[2H])c([2H])c1[2H]. The lowest BCUT2D eigenvalue weighted by molar-refractivity contribution is 1.17. The second-order valence-electron chi connectivity index (χ2n) is 11.9. The van der Waals surface area contributed by atoms with Gasteiger partial charge in [-0.3, -0.25) is 0 Å². The molecule has 0 saturated carbocycles. The first-order valence-corrected chi connectivity index (χ1v) is 15.8. The quantitative estimate of drug-likeness (QED) is 0.185. The Balaban J connectivity index is 1.31. The van der Waals surface area contributed by atoms with Crippen LogP contribution in [0.4, 0.5) is 0 Å². The zero-order valence-electron chi connectivity index (χ0n) is 34.5. The predicted octanol–water partition coefficient (Wildman–Crippen LogP) is 12.4. The summed E-state index contributed by atoms with van der Waals surface area (Å²) in [6, 6.07) is 38.3. The molecule has 0 spiro atoms. The van der Waals surface area contributed by atoms with Crippen molar-refractivity contribution >= 4 is 54.4 Å². The van der Waals surface area contributed by atoms with Crippen LogP contribution in [0.1, 0.15) is 12.3 Å². The molecular formula is C46H30N2. The number of hydrogen-bond donors (Lipinski definition) is 0. The maximum atomic E-state index is 9.38. The van der Waals surface area contributed by atoms with Crippen LogP contribution >= 0.6 is 0 Å². The van der Waals surface area contributed by atoms with Crippen molar-refractivity contribution in [1.29, 1.82) is 0 Å². The smallest absolute Gasteiger partial charge is 0.0645 e. The number of hydrogen-bond acceptors (Lipinski definition) is 0. The summed E-state index contributed by atoms with van der Waals surface area (Å²) in [5.41, 5.74) is 5.64. The summed E-state index contributed by atoms with van der Waals surface area (Å²) in [5.74, 6) is 0. The fourth-order valence-electron chi connectivity index (χ4n) is 7.12. The van der Waals surface area contributed by atoms with Crippen LogP contribution in [-0.4, -0.2) is 9.13 Å². The topological polar surface area (TPSA) is 9.86 Å². The second-order valence-corrected chi connectivity index (χ2v) is 11.9. The van der Waals surface area contributed by atoms with Gasteiger partial charge in [0.15, 0.2) is 0 Å². The molecule has 10 rings (SSSR count). The first-order valence-electron chi connectivity index (χ1n) is 20.3. The Hall–Kier alpha value is -6.38. The monoisotopic (exact) mass is 619 g/mol. The van der Waals surface area contributed by atoms with Gasteiger partial charge in [-0.25, -0.2) is 0 Å². The summed E-state index contributed by atoms with van der Waals surface area (Å²) in [5, 5.41) is 6.02. The Morgan fingerprint density at radius 3 is 1.81 bits per heavy atom. The van der Waals surface area contributed by atoms with E-state index in [9.17, 15) is 5.48 Å². The Morgan fingerprint density at radius 2 is 1.00 bits per heavy atom. The van der Waals surface area contributed by atoms with Gasteiger partial charge < -0.3 is 9.13 Å². The van der Waals surface area contributed by atoms with Gasteiger partial charge in [-0.1, -0.05) is 133 Å². The Labute approximate surface area is 291 Å². The molecule has 0 amide bonds. The van der Waals surface area contributed by atoms with Crippen LogP contribution < -0.4 is 0 Å². The van der Waals surface area contributed by atoms with Gasteiger partial charge in [0.25, 0.3) is 0 Å². The van der Waals surface area contributed by atoms with E-state index in [1.165, 1.54) is 0 Å². The van der Waals surface area contributed by atoms with Gasteiger partial charge in [-0.2, -0.15) is 0 Å². The van der Waals surface area contributed by atoms with E-state index in [2.05, 4.69) is 77.4 Å². The van der Waals surface area contributed by atoms with Gasteiger partial charge in [-0.15, -0.1) is 0 Å². The van der Waals surface area contributed by atoms with Crippen molar-refractivity contribution in [2.45, 2.75) is 0 Å². The van der Waals surface area contributed by atoms with Crippen LogP contribution in [0.15, 0.2) is 182 Å². The third-order valence-corrected chi connectivity index (χ3v) is 9.27. The fourth-order valence-corrected chi connectivity index (χ4v) is 7.12. The summed E-state index contributed by atoms with van der Waals surface area (Å²) >= 11 is 0. The van der Waals surface area contributed by atoms with Crippen LogP contribution in [0, 0.1) is 0 Å². The summed E-state index contributed by atoms with van der Waals surface area (Å²) in [7, 11) is 0. The maximum Gasteiger partial charge on any atom is 0.0645 e. The van der Waals surface area contributed by atoms with Crippen LogP contribution in [-0.2, 0) is 0 Å². The van der Waals surface area contributed by atoms with Crippen molar-refractivity contribution in [3.8, 4) is 33.6 Å². The standard InChI is InChI=1S/C46H30N2/c1-3-11-31(12-4-1)33-19-24-36(25-20-33)47-42-18-10-9-17-39(42)40-29-41-45(30-44(40)47)48(43-28-23-35-15-7-8-16-38(35)46(41)43)37-26-21-34(22-27-37)32-13-5-2-6-14-32/h1-30H/i1D,3D,4D,11D,12D,19D,20D,24D,25D. The molecule has 0 fully saturated rings. The normalized spacial score (nSPS) is 14.4. The minimum atomic E-state index is -0.615. The first-order chi connectivity index (χ1) is 27.6. The van der Waals surface area contributed by atoms with Crippen molar-refractivity contribution in [3.63, 3.8) is 0 Å². The molecule has 0 unspecified atom stereocenters. The van der Waals surface area contributed by atoms with Crippen molar-refractivity contribution in [2.24, 2.45) is 0 Å². The molecule has 10 aromatic rings. The highest BCUT2D eigenvalue weighted by molar-refractivity contribution is 6.25. The lowest BCUT2D eigenvalue weighted by Crippen LogP contribution is -1.96. The second kappa shape index (κ2) is 10.6. The lowest BCUT2D eigenvalue weighted by Gasteiger charge is -2.11. The molecule has 2 heterocycles. The number of para-hydroxylation sites is 1. The molecule has 2 nitrogen and oxygen atoms in total. The van der Waals surface area contributed by atoms with Crippen LogP contribution in [0.2, 0.25) is 0 Å². The Bertz CT molecular complexity index is 3270. The summed E-state index contributed by atoms with van der Waals surface area (Å²) in [6.07, 6.45) is 0. The summed E-state index contributed by atoms with van der Waals surface area (Å²) in [6.45, 7) is 0. The number of fused-ring (bicyclic) bond motifs is 8. The predicted molar refractivity (Wildman–Crippen MR) is 203 cm³/mol. The van der Waals surface area contributed by atoms with Gasteiger partial charge in [0, 0.05) is 32.9 Å². The molecule has 0 N–H and O–H groups in total. The van der Waals surface area contributed by atoms with Gasteiger partial charge in [0.1, 0.15) is 0 Å². The molecule has 2 aromatic heterocycles. The molecular weight excluding hydrogens is 581 g/mol. The molecule has 0 aliphatic rings. The van der Waals surface area contributed by atoms with Gasteiger partial charge in [-0.05, 0) is 81.5 Å². The highest BCUT2D eigenvalue weighted by Crippen LogP contribution is 2.42. The maximum absolute atomic E-state index is 9.38. The molecule has 0 saturated heterocycles. The minimum absolute atomic E-state index is 0.00742. The van der Waals surface area contributed by atoms with E-state index in [1.807, 2.05) is 54.6 Å². The third-order valence-electron chi connectivity index (χ3n) is 9.27. The van der Waals surface area contributed by atoms with E-state index in [0.29, 0.717) is 11.0 Å². The van der Waals surface area contributed by atoms with Gasteiger partial charge >= 0.3 is 0 Å². The van der Waals surface area contributed by atoms with E-state index in [1.54, 1.807) is 4.57 Å². The van der Waals surface area contributed by atoms with Crippen LogP contribution in [0.25, 0.3) is 88.0 Å². The van der Waals surface area contributed by atoms with E-state index in [4.69, 9.17) is 6.85 Å². The average molecular weight is 620 g/mol.